The molecule has 0 bridgehead atoms. The molecule has 0 aliphatic heterocycles. The van der Waals surface area contributed by atoms with Crippen LogP contribution < -0.4 is 4.57 Å². The number of aromatic nitrogens is 1. The first-order chi connectivity index (χ1) is 7.20. The summed E-state index contributed by atoms with van der Waals surface area (Å²) in [7, 11) is 0. The Bertz CT molecular complexity index is 312. The first kappa shape index (κ1) is 12.1. The standard InChI is InChI=1S/C12H20NO2/c1-4-15-11(3)12-6-5-7-13(8-9-14)10(12)2/h5-7,11,14H,4,8-9H2,1-3H3/q+1. The maximum absolute atomic E-state index is 8.92. The van der Waals surface area contributed by atoms with E-state index in [0.717, 1.165) is 12.3 Å². The molecule has 1 heterocycles. The van der Waals surface area contributed by atoms with E-state index in [0.29, 0.717) is 6.54 Å². The highest BCUT2D eigenvalue weighted by Gasteiger charge is 2.15. The second-order valence-corrected chi connectivity index (χ2v) is 3.56. The van der Waals surface area contributed by atoms with Crippen LogP contribution in [-0.4, -0.2) is 18.3 Å². The molecule has 0 saturated carbocycles. The summed E-state index contributed by atoms with van der Waals surface area (Å²) >= 11 is 0. The van der Waals surface area contributed by atoms with E-state index in [1.807, 2.05) is 23.8 Å². The minimum absolute atomic E-state index is 0.112. The van der Waals surface area contributed by atoms with Crippen LogP contribution in [0.3, 0.4) is 0 Å². The van der Waals surface area contributed by atoms with Crippen molar-refractivity contribution in [2.75, 3.05) is 13.2 Å². The molecule has 0 saturated heterocycles. The molecule has 1 N–H and O–H groups in total. The second kappa shape index (κ2) is 5.83. The topological polar surface area (TPSA) is 33.3 Å². The van der Waals surface area contributed by atoms with E-state index >= 15 is 0 Å². The number of aliphatic hydroxyl groups excluding tert-OH is 1. The third-order valence-corrected chi connectivity index (χ3v) is 2.59. The van der Waals surface area contributed by atoms with Crippen molar-refractivity contribution >= 4 is 0 Å². The van der Waals surface area contributed by atoms with Gasteiger partial charge in [0, 0.05) is 25.2 Å². The van der Waals surface area contributed by atoms with Crippen LogP contribution in [0.1, 0.15) is 31.2 Å². The number of nitrogens with zero attached hydrogens (tertiary/aromatic N) is 1. The van der Waals surface area contributed by atoms with Crippen LogP contribution >= 0.6 is 0 Å². The van der Waals surface area contributed by atoms with E-state index in [1.165, 1.54) is 5.56 Å². The number of pyridine rings is 1. The Morgan fingerprint density at radius 1 is 1.53 bits per heavy atom. The number of hydrogen-bond acceptors (Lipinski definition) is 2. The van der Waals surface area contributed by atoms with Crippen molar-refractivity contribution in [3.05, 3.63) is 29.6 Å². The van der Waals surface area contributed by atoms with Crippen molar-refractivity contribution in [2.45, 2.75) is 33.4 Å². The lowest BCUT2D eigenvalue weighted by Crippen LogP contribution is -2.39. The minimum Gasteiger partial charge on any atom is -0.390 e. The van der Waals surface area contributed by atoms with Crippen LogP contribution in [0, 0.1) is 6.92 Å². The predicted molar refractivity (Wildman–Crippen MR) is 58.5 cm³/mol. The van der Waals surface area contributed by atoms with Gasteiger partial charge in [-0.3, -0.25) is 0 Å². The summed E-state index contributed by atoms with van der Waals surface area (Å²) in [6.45, 7) is 7.62. The fourth-order valence-electron chi connectivity index (χ4n) is 1.77. The largest absolute Gasteiger partial charge is 0.390 e. The molecule has 1 aromatic heterocycles. The van der Waals surface area contributed by atoms with Crippen LogP contribution in [0.25, 0.3) is 0 Å². The van der Waals surface area contributed by atoms with E-state index in [2.05, 4.69) is 19.9 Å². The first-order valence-electron chi connectivity index (χ1n) is 5.42. The van der Waals surface area contributed by atoms with Crippen molar-refractivity contribution in [2.24, 2.45) is 0 Å². The first-order valence-corrected chi connectivity index (χ1v) is 5.42. The van der Waals surface area contributed by atoms with Gasteiger partial charge in [0.25, 0.3) is 0 Å². The fourth-order valence-corrected chi connectivity index (χ4v) is 1.77. The van der Waals surface area contributed by atoms with Crippen LogP contribution in [-0.2, 0) is 11.3 Å². The summed E-state index contributed by atoms with van der Waals surface area (Å²) in [4.78, 5) is 0. The molecular weight excluding hydrogens is 190 g/mol. The summed E-state index contributed by atoms with van der Waals surface area (Å²) in [5.74, 6) is 0. The molecule has 0 aromatic carbocycles. The van der Waals surface area contributed by atoms with Crippen LogP contribution in [0.2, 0.25) is 0 Å². The van der Waals surface area contributed by atoms with E-state index in [1.54, 1.807) is 0 Å². The van der Waals surface area contributed by atoms with Crippen molar-refractivity contribution in [3.63, 3.8) is 0 Å². The number of aliphatic hydroxyl groups is 1. The molecule has 0 radical (unpaired) electrons. The summed E-state index contributed by atoms with van der Waals surface area (Å²) in [5.41, 5.74) is 2.35. The molecule has 84 valence electrons. The zero-order chi connectivity index (χ0) is 11.3. The Labute approximate surface area is 91.3 Å². The Hall–Kier alpha value is -0.930. The summed E-state index contributed by atoms with van der Waals surface area (Å²) in [6, 6.07) is 4.07. The van der Waals surface area contributed by atoms with Gasteiger partial charge in [-0.1, -0.05) is 0 Å². The van der Waals surface area contributed by atoms with Crippen LogP contribution in [0.4, 0.5) is 0 Å². The maximum Gasteiger partial charge on any atom is 0.184 e. The minimum atomic E-state index is 0.112. The van der Waals surface area contributed by atoms with Gasteiger partial charge in [0.2, 0.25) is 0 Å². The third kappa shape index (κ3) is 3.01. The maximum atomic E-state index is 8.92. The van der Waals surface area contributed by atoms with Gasteiger partial charge >= 0.3 is 0 Å². The number of rotatable bonds is 5. The van der Waals surface area contributed by atoms with Crippen molar-refractivity contribution in [1.82, 2.24) is 0 Å². The Kier molecular flexibility index (Phi) is 4.72. The zero-order valence-electron chi connectivity index (χ0n) is 9.73. The zero-order valence-corrected chi connectivity index (χ0v) is 9.73. The van der Waals surface area contributed by atoms with Gasteiger partial charge in [0.05, 0.1) is 6.10 Å². The van der Waals surface area contributed by atoms with Gasteiger partial charge in [-0.2, -0.15) is 4.57 Å². The molecule has 1 unspecified atom stereocenters. The van der Waals surface area contributed by atoms with Gasteiger partial charge < -0.3 is 9.84 Å². The molecule has 3 nitrogen and oxygen atoms in total. The third-order valence-electron chi connectivity index (χ3n) is 2.59. The van der Waals surface area contributed by atoms with E-state index in [9.17, 15) is 0 Å². The lowest BCUT2D eigenvalue weighted by atomic mass is 10.1. The molecule has 0 fully saturated rings. The van der Waals surface area contributed by atoms with E-state index in [-0.39, 0.29) is 12.7 Å². The fraction of sp³-hybridized carbons (Fsp3) is 0.583. The SMILES string of the molecule is CCOC(C)c1ccc[n+](CCO)c1C. The van der Waals surface area contributed by atoms with Crippen molar-refractivity contribution in [3.8, 4) is 0 Å². The normalized spacial score (nSPS) is 12.8. The van der Waals surface area contributed by atoms with Gasteiger partial charge in [-0.25, -0.2) is 0 Å². The summed E-state index contributed by atoms with van der Waals surface area (Å²) in [6.07, 6.45) is 2.09. The summed E-state index contributed by atoms with van der Waals surface area (Å²) < 4.78 is 7.61. The molecule has 0 spiro atoms. The molecule has 3 heteroatoms. The van der Waals surface area contributed by atoms with Gasteiger partial charge in [0.15, 0.2) is 18.4 Å². The van der Waals surface area contributed by atoms with Crippen molar-refractivity contribution in [1.29, 1.82) is 0 Å². The smallest absolute Gasteiger partial charge is 0.184 e. The summed E-state index contributed by atoms with van der Waals surface area (Å²) in [5, 5.41) is 8.92. The Morgan fingerprint density at radius 2 is 2.27 bits per heavy atom. The molecule has 0 aliphatic rings. The highest BCUT2D eigenvalue weighted by molar-refractivity contribution is 5.16. The number of ether oxygens (including phenoxy) is 1. The second-order valence-electron chi connectivity index (χ2n) is 3.56. The monoisotopic (exact) mass is 210 g/mol. The van der Waals surface area contributed by atoms with Crippen LogP contribution in [0.5, 0.6) is 0 Å². The van der Waals surface area contributed by atoms with Crippen molar-refractivity contribution < 1.29 is 14.4 Å². The average Bonchev–Trinajstić information content (AvgIpc) is 2.22. The van der Waals surface area contributed by atoms with E-state index in [4.69, 9.17) is 9.84 Å². The quantitative estimate of drug-likeness (QED) is 0.745. The molecule has 0 aliphatic carbocycles. The lowest BCUT2D eigenvalue weighted by molar-refractivity contribution is -0.704. The predicted octanol–water partition coefficient (Wildman–Crippen LogP) is 1.37. The molecule has 0 amide bonds. The number of hydrogen-bond donors (Lipinski definition) is 1. The van der Waals surface area contributed by atoms with Gasteiger partial charge in [0.1, 0.15) is 6.61 Å². The highest BCUT2D eigenvalue weighted by atomic mass is 16.5. The molecule has 1 rings (SSSR count). The van der Waals surface area contributed by atoms with Gasteiger partial charge in [-0.05, 0) is 19.9 Å². The van der Waals surface area contributed by atoms with E-state index < -0.39 is 0 Å². The van der Waals surface area contributed by atoms with Gasteiger partial charge in [-0.15, -0.1) is 0 Å². The lowest BCUT2D eigenvalue weighted by Gasteiger charge is -2.13. The molecule has 1 aromatic rings. The average molecular weight is 210 g/mol. The van der Waals surface area contributed by atoms with Crippen LogP contribution in [0.15, 0.2) is 18.3 Å². The Morgan fingerprint density at radius 3 is 2.87 bits per heavy atom. The highest BCUT2D eigenvalue weighted by Crippen LogP contribution is 2.17. The molecule has 15 heavy (non-hydrogen) atoms. The molecule has 1 atom stereocenters. The Balaban J connectivity index is 2.92. The molecular formula is C12H20NO2+.